The molecule has 0 heterocycles. The minimum atomic E-state index is -0.817. The molecular formula is C58H90O6. The monoisotopic (exact) mass is 883 g/mol. The molecule has 0 bridgehead atoms. The molecule has 0 N–H and O–H groups in total. The molecule has 0 fully saturated rings. The van der Waals surface area contributed by atoms with Crippen LogP contribution in [0, 0.1) is 0 Å². The number of rotatable bonds is 43. The average Bonchev–Trinajstić information content (AvgIpc) is 3.29. The van der Waals surface area contributed by atoms with Crippen LogP contribution in [0.1, 0.15) is 194 Å². The highest BCUT2D eigenvalue weighted by Crippen LogP contribution is 2.13. The van der Waals surface area contributed by atoms with Crippen LogP contribution in [0.4, 0.5) is 0 Å². The third-order valence-electron chi connectivity index (χ3n) is 10.1. The van der Waals surface area contributed by atoms with E-state index >= 15 is 0 Å². The lowest BCUT2D eigenvalue weighted by molar-refractivity contribution is -0.167. The maximum absolute atomic E-state index is 12.8. The van der Waals surface area contributed by atoms with Crippen LogP contribution in [0.15, 0.2) is 134 Å². The molecule has 0 amide bonds. The van der Waals surface area contributed by atoms with Gasteiger partial charge in [0.15, 0.2) is 6.10 Å². The molecule has 0 aromatic carbocycles. The van der Waals surface area contributed by atoms with E-state index in [1.54, 1.807) is 0 Å². The summed E-state index contributed by atoms with van der Waals surface area (Å²) in [6.45, 7) is 6.27. The number of carbonyl (C=O) groups is 3. The molecule has 64 heavy (non-hydrogen) atoms. The van der Waals surface area contributed by atoms with Gasteiger partial charge < -0.3 is 14.2 Å². The van der Waals surface area contributed by atoms with Crippen LogP contribution in [0.25, 0.3) is 0 Å². The number of hydrogen-bond acceptors (Lipinski definition) is 6. The van der Waals surface area contributed by atoms with Crippen LogP contribution in [-0.4, -0.2) is 37.2 Å². The predicted molar refractivity (Wildman–Crippen MR) is 274 cm³/mol. The van der Waals surface area contributed by atoms with Crippen molar-refractivity contribution in [3.63, 3.8) is 0 Å². The van der Waals surface area contributed by atoms with Crippen LogP contribution >= 0.6 is 0 Å². The second-order valence-corrected chi connectivity index (χ2v) is 16.1. The normalized spacial score (nSPS) is 13.2. The van der Waals surface area contributed by atoms with Crippen molar-refractivity contribution in [3.05, 3.63) is 134 Å². The van der Waals surface area contributed by atoms with Crippen molar-refractivity contribution in [1.29, 1.82) is 0 Å². The molecule has 0 aliphatic carbocycles. The molecule has 0 rings (SSSR count). The first-order valence-electron chi connectivity index (χ1n) is 25.3. The molecule has 0 radical (unpaired) electrons. The van der Waals surface area contributed by atoms with E-state index < -0.39 is 6.10 Å². The van der Waals surface area contributed by atoms with Crippen molar-refractivity contribution in [3.8, 4) is 0 Å². The third kappa shape index (κ3) is 48.6. The zero-order chi connectivity index (χ0) is 46.5. The average molecular weight is 883 g/mol. The Balaban J connectivity index is 4.54. The highest BCUT2D eigenvalue weighted by molar-refractivity contribution is 5.71. The summed E-state index contributed by atoms with van der Waals surface area (Å²) in [5.41, 5.74) is 0. The molecule has 0 aromatic heterocycles. The van der Waals surface area contributed by atoms with Gasteiger partial charge in [-0.15, -0.1) is 0 Å². The first-order valence-corrected chi connectivity index (χ1v) is 25.3. The molecule has 1 atom stereocenters. The Hall–Kier alpha value is -4.45. The van der Waals surface area contributed by atoms with Gasteiger partial charge in [-0.2, -0.15) is 0 Å². The fraction of sp³-hybridized carbons (Fsp3) is 0.569. The Morgan fingerprint density at radius 3 is 1.14 bits per heavy atom. The van der Waals surface area contributed by atoms with Crippen LogP contribution in [0.3, 0.4) is 0 Å². The van der Waals surface area contributed by atoms with E-state index in [0.29, 0.717) is 19.3 Å². The first kappa shape index (κ1) is 59.6. The number of hydrogen-bond donors (Lipinski definition) is 0. The molecule has 0 saturated heterocycles. The summed E-state index contributed by atoms with van der Waals surface area (Å²) in [7, 11) is 0. The number of allylic oxidation sites excluding steroid dienone is 22. The standard InChI is InChI=1S/C58H90O6/c1-4-7-10-13-16-19-22-24-26-28-29-31-32-34-36-39-42-45-48-51-57(60)63-54-55(53-62-56(59)50-47-44-41-38-21-18-15-12-9-6-3)64-58(61)52-49-46-43-40-37-35-33-30-27-25-23-20-17-14-11-8-5-2/h7-8,10-11,14,16-17,19-20,23-27,29-31,33-37,55H,4-6,9,12-13,15,18,21-22,28,32,38-54H2,1-3H3/b10-7-,11-8-,17-14-,19-16-,23-20-,26-24-,27-25-,31-29-,33-30+,36-34-,37-35-. The fourth-order valence-electron chi connectivity index (χ4n) is 6.32. The second-order valence-electron chi connectivity index (χ2n) is 16.1. The maximum atomic E-state index is 12.8. The van der Waals surface area contributed by atoms with Crippen molar-refractivity contribution in [2.24, 2.45) is 0 Å². The number of ether oxygens (including phenoxy) is 3. The lowest BCUT2D eigenvalue weighted by Gasteiger charge is -2.18. The Kier molecular flexibility index (Phi) is 47.6. The van der Waals surface area contributed by atoms with E-state index in [4.69, 9.17) is 14.2 Å². The van der Waals surface area contributed by atoms with Crippen LogP contribution in [0.2, 0.25) is 0 Å². The largest absolute Gasteiger partial charge is 0.462 e. The van der Waals surface area contributed by atoms with Crippen LogP contribution < -0.4 is 0 Å². The first-order chi connectivity index (χ1) is 31.5. The van der Waals surface area contributed by atoms with Crippen molar-refractivity contribution < 1.29 is 28.6 Å². The summed E-state index contributed by atoms with van der Waals surface area (Å²) in [5.74, 6) is -1.00. The summed E-state index contributed by atoms with van der Waals surface area (Å²) < 4.78 is 16.7. The number of carbonyl (C=O) groups excluding carboxylic acids is 3. The molecule has 0 aliphatic rings. The van der Waals surface area contributed by atoms with Gasteiger partial charge in [-0.25, -0.2) is 0 Å². The maximum Gasteiger partial charge on any atom is 0.306 e. The van der Waals surface area contributed by atoms with Crippen molar-refractivity contribution >= 4 is 17.9 Å². The van der Waals surface area contributed by atoms with Gasteiger partial charge in [0.25, 0.3) is 0 Å². The Morgan fingerprint density at radius 1 is 0.344 bits per heavy atom. The minimum Gasteiger partial charge on any atom is -0.462 e. The molecule has 0 saturated carbocycles. The smallest absolute Gasteiger partial charge is 0.306 e. The Morgan fingerprint density at radius 2 is 0.688 bits per heavy atom. The second kappa shape index (κ2) is 51.2. The molecule has 6 heteroatoms. The summed E-state index contributed by atoms with van der Waals surface area (Å²) in [5, 5.41) is 0. The Labute approximate surface area is 392 Å². The van der Waals surface area contributed by atoms with Crippen molar-refractivity contribution in [2.75, 3.05) is 13.2 Å². The van der Waals surface area contributed by atoms with E-state index in [2.05, 4.69) is 93.7 Å². The van der Waals surface area contributed by atoms with Crippen LogP contribution in [-0.2, 0) is 28.6 Å². The lowest BCUT2D eigenvalue weighted by atomic mass is 10.1. The highest BCUT2D eigenvalue weighted by atomic mass is 16.6. The minimum absolute atomic E-state index is 0.111. The molecule has 358 valence electrons. The number of esters is 3. The van der Waals surface area contributed by atoms with E-state index in [-0.39, 0.29) is 37.5 Å². The summed E-state index contributed by atoms with van der Waals surface area (Å²) in [4.78, 5) is 37.9. The van der Waals surface area contributed by atoms with Crippen molar-refractivity contribution in [1.82, 2.24) is 0 Å². The summed E-state index contributed by atoms with van der Waals surface area (Å²) >= 11 is 0. The van der Waals surface area contributed by atoms with Gasteiger partial charge in [0.1, 0.15) is 13.2 Å². The zero-order valence-corrected chi connectivity index (χ0v) is 40.7. The van der Waals surface area contributed by atoms with E-state index in [0.717, 1.165) is 103 Å². The Bertz CT molecular complexity index is 1430. The topological polar surface area (TPSA) is 78.9 Å². The summed E-state index contributed by atoms with van der Waals surface area (Å²) in [6.07, 6.45) is 71.4. The third-order valence-corrected chi connectivity index (χ3v) is 10.1. The predicted octanol–water partition coefficient (Wildman–Crippen LogP) is 16.7. The van der Waals surface area contributed by atoms with Gasteiger partial charge in [0, 0.05) is 19.3 Å². The van der Waals surface area contributed by atoms with Gasteiger partial charge in [-0.3, -0.25) is 14.4 Å². The lowest BCUT2D eigenvalue weighted by Crippen LogP contribution is -2.30. The van der Waals surface area contributed by atoms with Gasteiger partial charge in [0.2, 0.25) is 0 Å². The van der Waals surface area contributed by atoms with Gasteiger partial charge in [0.05, 0.1) is 0 Å². The van der Waals surface area contributed by atoms with E-state index in [9.17, 15) is 14.4 Å². The van der Waals surface area contributed by atoms with E-state index in [1.807, 2.05) is 60.8 Å². The quantitative estimate of drug-likeness (QED) is 0.0200. The zero-order valence-electron chi connectivity index (χ0n) is 40.7. The molecule has 0 spiro atoms. The van der Waals surface area contributed by atoms with Gasteiger partial charge >= 0.3 is 17.9 Å². The highest BCUT2D eigenvalue weighted by Gasteiger charge is 2.19. The van der Waals surface area contributed by atoms with Crippen molar-refractivity contribution in [2.45, 2.75) is 200 Å². The van der Waals surface area contributed by atoms with E-state index in [1.165, 1.54) is 44.9 Å². The molecular weight excluding hydrogens is 793 g/mol. The van der Waals surface area contributed by atoms with Gasteiger partial charge in [-0.1, -0.05) is 225 Å². The number of unbranched alkanes of at least 4 members (excludes halogenated alkanes) is 15. The van der Waals surface area contributed by atoms with Gasteiger partial charge in [-0.05, 0) is 83.5 Å². The molecule has 0 aliphatic heterocycles. The molecule has 1 unspecified atom stereocenters. The fourth-order valence-corrected chi connectivity index (χ4v) is 6.32. The molecule has 6 nitrogen and oxygen atoms in total. The van der Waals surface area contributed by atoms with Crippen LogP contribution in [0.5, 0.6) is 0 Å². The molecule has 0 aromatic rings. The summed E-state index contributed by atoms with van der Waals surface area (Å²) in [6, 6.07) is 0. The SMILES string of the molecule is CC\C=C/C=C\C=C/C=C\C=C\C=C/CCCCCC(=O)OC(COC(=O)CCCCC/C=C\C/C=C\C/C=C\C/C=C\C/C=C\CC)COC(=O)CCCCCCCCCCCC.